The molecule has 1 aromatic heterocycles. The van der Waals surface area contributed by atoms with E-state index in [1.807, 2.05) is 0 Å². The number of aryl methyl sites for hydroxylation is 1. The van der Waals surface area contributed by atoms with Crippen molar-refractivity contribution in [2.75, 3.05) is 0 Å². The first-order chi connectivity index (χ1) is 8.25. The molecule has 0 aliphatic rings. The number of benzene rings is 1. The van der Waals surface area contributed by atoms with Crippen molar-refractivity contribution in [1.29, 1.82) is 0 Å². The van der Waals surface area contributed by atoms with Crippen LogP contribution in [-0.2, 0) is 10.3 Å². The maximum absolute atomic E-state index is 11.4. The number of rotatable bonds is 2. The molecule has 0 aliphatic heterocycles. The lowest BCUT2D eigenvalue weighted by molar-refractivity contribution is -0.145. The molecular weight excluding hydrogens is 275 g/mol. The third-order valence-corrected chi connectivity index (χ3v) is 3.67. The standard InChI is InChI=1S/C12H12Cl2N2O2/c1-6-15-9-4-7(13)8(14)5-10(9)16(6)12(2,3)11(17)18/h4-5H,1-3H3,(H,17,18). The Morgan fingerprint density at radius 1 is 1.33 bits per heavy atom. The zero-order chi connectivity index (χ0) is 13.7. The quantitative estimate of drug-likeness (QED) is 0.920. The molecule has 0 unspecified atom stereocenters. The Bertz CT molecular complexity index is 647. The van der Waals surface area contributed by atoms with Crippen molar-refractivity contribution in [3.8, 4) is 0 Å². The van der Waals surface area contributed by atoms with Gasteiger partial charge in [-0.25, -0.2) is 9.78 Å². The van der Waals surface area contributed by atoms with Crippen LogP contribution in [0.3, 0.4) is 0 Å². The van der Waals surface area contributed by atoms with E-state index in [0.29, 0.717) is 26.9 Å². The minimum Gasteiger partial charge on any atom is -0.480 e. The molecule has 0 amide bonds. The van der Waals surface area contributed by atoms with Crippen LogP contribution in [0.4, 0.5) is 0 Å². The molecule has 2 aromatic rings. The van der Waals surface area contributed by atoms with E-state index in [1.54, 1.807) is 37.5 Å². The summed E-state index contributed by atoms with van der Waals surface area (Å²) in [6, 6.07) is 3.28. The molecule has 0 aliphatic carbocycles. The summed E-state index contributed by atoms with van der Waals surface area (Å²) in [7, 11) is 0. The first-order valence-corrected chi connectivity index (χ1v) is 6.08. The number of hydrogen-bond acceptors (Lipinski definition) is 2. The summed E-state index contributed by atoms with van der Waals surface area (Å²) in [5, 5.41) is 10.1. The van der Waals surface area contributed by atoms with Gasteiger partial charge < -0.3 is 9.67 Å². The second-order valence-corrected chi connectivity index (χ2v) is 5.43. The average Bonchev–Trinajstić information content (AvgIpc) is 2.54. The van der Waals surface area contributed by atoms with Crippen LogP contribution >= 0.6 is 23.2 Å². The van der Waals surface area contributed by atoms with Crippen LogP contribution in [0.15, 0.2) is 12.1 Å². The zero-order valence-electron chi connectivity index (χ0n) is 10.2. The van der Waals surface area contributed by atoms with Crippen molar-refractivity contribution in [3.63, 3.8) is 0 Å². The lowest BCUT2D eigenvalue weighted by Gasteiger charge is -2.23. The molecule has 0 saturated heterocycles. The summed E-state index contributed by atoms with van der Waals surface area (Å²) in [6.07, 6.45) is 0. The van der Waals surface area contributed by atoms with Gasteiger partial charge in [0.1, 0.15) is 11.4 Å². The number of aromatic nitrogens is 2. The lowest BCUT2D eigenvalue weighted by atomic mass is 10.1. The number of fused-ring (bicyclic) bond motifs is 1. The Balaban J connectivity index is 2.83. The van der Waals surface area contributed by atoms with E-state index < -0.39 is 11.5 Å². The summed E-state index contributed by atoms with van der Waals surface area (Å²) in [5.74, 6) is -0.327. The van der Waals surface area contributed by atoms with E-state index in [-0.39, 0.29) is 0 Å². The number of halogens is 2. The highest BCUT2D eigenvalue weighted by atomic mass is 35.5. The molecule has 1 heterocycles. The first-order valence-electron chi connectivity index (χ1n) is 5.33. The van der Waals surface area contributed by atoms with E-state index in [1.165, 1.54) is 0 Å². The predicted molar refractivity (Wildman–Crippen MR) is 71.4 cm³/mol. The van der Waals surface area contributed by atoms with Crippen molar-refractivity contribution < 1.29 is 9.90 Å². The van der Waals surface area contributed by atoms with E-state index in [2.05, 4.69) is 4.98 Å². The van der Waals surface area contributed by atoms with Crippen molar-refractivity contribution >= 4 is 40.2 Å². The second kappa shape index (κ2) is 4.14. The summed E-state index contributed by atoms with van der Waals surface area (Å²) < 4.78 is 1.65. The number of hydrogen-bond donors (Lipinski definition) is 1. The van der Waals surface area contributed by atoms with Gasteiger partial charge in [0.25, 0.3) is 0 Å². The largest absolute Gasteiger partial charge is 0.480 e. The summed E-state index contributed by atoms with van der Waals surface area (Å²) in [6.45, 7) is 4.99. The molecule has 18 heavy (non-hydrogen) atoms. The van der Waals surface area contributed by atoms with Gasteiger partial charge in [-0.05, 0) is 32.9 Å². The van der Waals surface area contributed by atoms with Crippen LogP contribution in [0.5, 0.6) is 0 Å². The predicted octanol–water partition coefficient (Wildman–Crippen LogP) is 3.47. The van der Waals surface area contributed by atoms with Crippen molar-refractivity contribution in [1.82, 2.24) is 9.55 Å². The number of nitrogens with zero attached hydrogens (tertiary/aromatic N) is 2. The van der Waals surface area contributed by atoms with E-state index >= 15 is 0 Å². The fourth-order valence-corrected chi connectivity index (χ4v) is 2.31. The Morgan fingerprint density at radius 3 is 2.44 bits per heavy atom. The first kappa shape index (κ1) is 13.2. The average molecular weight is 287 g/mol. The topological polar surface area (TPSA) is 55.1 Å². The van der Waals surface area contributed by atoms with E-state index in [0.717, 1.165) is 0 Å². The SMILES string of the molecule is Cc1nc2cc(Cl)c(Cl)cc2n1C(C)(C)C(=O)O. The van der Waals surface area contributed by atoms with Crippen molar-refractivity contribution in [2.45, 2.75) is 26.3 Å². The summed E-state index contributed by atoms with van der Waals surface area (Å²) in [5.41, 5.74) is 0.196. The number of imidazole rings is 1. The highest BCUT2D eigenvalue weighted by Crippen LogP contribution is 2.31. The van der Waals surface area contributed by atoms with Gasteiger partial charge >= 0.3 is 5.97 Å². The summed E-state index contributed by atoms with van der Waals surface area (Å²) in [4.78, 5) is 15.7. The molecule has 1 aromatic carbocycles. The molecule has 0 bridgehead atoms. The Kier molecular flexibility index (Phi) is 3.03. The minimum atomic E-state index is -1.10. The van der Waals surface area contributed by atoms with Crippen LogP contribution in [0, 0.1) is 6.92 Å². The van der Waals surface area contributed by atoms with Gasteiger partial charge in [0.05, 0.1) is 21.1 Å². The molecule has 4 nitrogen and oxygen atoms in total. The number of aliphatic carboxylic acids is 1. The molecule has 0 saturated carbocycles. The number of carbonyl (C=O) groups is 1. The molecule has 0 spiro atoms. The molecular formula is C12H12Cl2N2O2. The maximum Gasteiger partial charge on any atom is 0.329 e. The molecule has 2 rings (SSSR count). The smallest absolute Gasteiger partial charge is 0.329 e. The lowest BCUT2D eigenvalue weighted by Crippen LogP contribution is -2.36. The molecule has 6 heteroatoms. The van der Waals surface area contributed by atoms with Crippen LogP contribution in [0.1, 0.15) is 19.7 Å². The zero-order valence-corrected chi connectivity index (χ0v) is 11.7. The van der Waals surface area contributed by atoms with Crippen LogP contribution in [0.2, 0.25) is 10.0 Å². The maximum atomic E-state index is 11.4. The Hall–Kier alpha value is -1.26. The molecule has 0 fully saturated rings. The fraction of sp³-hybridized carbons (Fsp3) is 0.333. The van der Waals surface area contributed by atoms with E-state index in [9.17, 15) is 9.90 Å². The van der Waals surface area contributed by atoms with Gasteiger partial charge in [-0.2, -0.15) is 0 Å². The molecule has 1 N–H and O–H groups in total. The molecule has 96 valence electrons. The van der Waals surface area contributed by atoms with Gasteiger partial charge in [-0.1, -0.05) is 23.2 Å². The van der Waals surface area contributed by atoms with Crippen LogP contribution in [-0.4, -0.2) is 20.6 Å². The third-order valence-electron chi connectivity index (χ3n) is 2.95. The van der Waals surface area contributed by atoms with Gasteiger partial charge in [0.2, 0.25) is 0 Å². The second-order valence-electron chi connectivity index (χ2n) is 4.61. The van der Waals surface area contributed by atoms with Crippen molar-refractivity contribution in [3.05, 3.63) is 28.0 Å². The normalized spacial score (nSPS) is 12.1. The number of carboxylic acids is 1. The van der Waals surface area contributed by atoms with Gasteiger partial charge in [-0.3, -0.25) is 0 Å². The monoisotopic (exact) mass is 286 g/mol. The Morgan fingerprint density at radius 2 is 1.89 bits per heavy atom. The minimum absolute atomic E-state index is 0.381. The third kappa shape index (κ3) is 1.85. The highest BCUT2D eigenvalue weighted by Gasteiger charge is 2.32. The van der Waals surface area contributed by atoms with Gasteiger partial charge in [0.15, 0.2) is 0 Å². The van der Waals surface area contributed by atoms with Gasteiger partial charge in [-0.15, -0.1) is 0 Å². The Labute approximate surface area is 114 Å². The highest BCUT2D eigenvalue weighted by molar-refractivity contribution is 6.42. The molecule has 0 atom stereocenters. The number of carboxylic acid groups (broad SMARTS) is 1. The molecule has 0 radical (unpaired) electrons. The van der Waals surface area contributed by atoms with Gasteiger partial charge in [0, 0.05) is 0 Å². The van der Waals surface area contributed by atoms with Crippen LogP contribution in [0.25, 0.3) is 11.0 Å². The van der Waals surface area contributed by atoms with Crippen molar-refractivity contribution in [2.24, 2.45) is 0 Å². The fourth-order valence-electron chi connectivity index (χ4n) is 1.99. The van der Waals surface area contributed by atoms with E-state index in [4.69, 9.17) is 23.2 Å². The summed E-state index contributed by atoms with van der Waals surface area (Å²) >= 11 is 11.9. The van der Waals surface area contributed by atoms with Crippen LogP contribution < -0.4 is 0 Å².